The summed E-state index contributed by atoms with van der Waals surface area (Å²) >= 11 is 1.36. The zero-order valence-electron chi connectivity index (χ0n) is 16.8. The molecule has 1 aliphatic rings. The van der Waals surface area contributed by atoms with Gasteiger partial charge in [-0.15, -0.1) is 11.3 Å². The molecule has 1 saturated heterocycles. The molecule has 3 heterocycles. The van der Waals surface area contributed by atoms with Crippen LogP contribution >= 0.6 is 11.3 Å². The number of carbonyl (C=O) groups excluding carboxylic acids is 2. The van der Waals surface area contributed by atoms with E-state index in [1.54, 1.807) is 34.4 Å². The first-order chi connectivity index (χ1) is 14.5. The number of nitrogens with zero attached hydrogens (tertiary/aromatic N) is 3. The summed E-state index contributed by atoms with van der Waals surface area (Å²) in [4.78, 5) is 33.1. The van der Waals surface area contributed by atoms with Crippen molar-refractivity contribution in [3.63, 3.8) is 0 Å². The Bertz CT molecular complexity index is 1040. The van der Waals surface area contributed by atoms with E-state index in [-0.39, 0.29) is 11.8 Å². The van der Waals surface area contributed by atoms with Gasteiger partial charge < -0.3 is 24.3 Å². The van der Waals surface area contributed by atoms with Crippen LogP contribution in [-0.2, 0) is 0 Å². The van der Waals surface area contributed by atoms with E-state index in [0.29, 0.717) is 48.5 Å². The highest BCUT2D eigenvalue weighted by atomic mass is 32.1. The fourth-order valence-corrected chi connectivity index (χ4v) is 3.99. The Balaban J connectivity index is 1.38. The van der Waals surface area contributed by atoms with Crippen molar-refractivity contribution in [3.8, 4) is 5.75 Å². The number of aryl methyl sites for hydroxylation is 1. The van der Waals surface area contributed by atoms with E-state index in [4.69, 9.17) is 9.15 Å². The third kappa shape index (κ3) is 4.16. The molecule has 0 radical (unpaired) electrons. The summed E-state index contributed by atoms with van der Waals surface area (Å²) in [6, 6.07) is 9.16. The van der Waals surface area contributed by atoms with E-state index in [1.807, 2.05) is 25.1 Å². The Hall–Kier alpha value is -3.33. The third-order valence-corrected chi connectivity index (χ3v) is 5.66. The average Bonchev–Trinajstić information content (AvgIpc) is 3.45. The maximum absolute atomic E-state index is 12.8. The maximum Gasteiger partial charge on any atom is 0.289 e. The minimum Gasteiger partial charge on any atom is -0.495 e. The highest BCUT2D eigenvalue weighted by molar-refractivity contribution is 7.14. The number of hydrogen-bond acceptors (Lipinski definition) is 7. The number of furan rings is 1. The van der Waals surface area contributed by atoms with Gasteiger partial charge in [-0.2, -0.15) is 0 Å². The van der Waals surface area contributed by atoms with Crippen molar-refractivity contribution in [2.24, 2.45) is 0 Å². The minimum absolute atomic E-state index is 0.138. The molecule has 2 amide bonds. The van der Waals surface area contributed by atoms with Crippen molar-refractivity contribution in [3.05, 3.63) is 59.0 Å². The predicted molar refractivity (Wildman–Crippen MR) is 114 cm³/mol. The molecular weight excluding hydrogens is 404 g/mol. The number of amides is 2. The largest absolute Gasteiger partial charge is 0.495 e. The molecule has 1 fully saturated rings. The van der Waals surface area contributed by atoms with Gasteiger partial charge in [-0.3, -0.25) is 9.59 Å². The van der Waals surface area contributed by atoms with Gasteiger partial charge in [0, 0.05) is 31.6 Å². The number of anilines is 2. The van der Waals surface area contributed by atoms with Gasteiger partial charge in [0.25, 0.3) is 11.8 Å². The van der Waals surface area contributed by atoms with Gasteiger partial charge in [-0.05, 0) is 36.8 Å². The van der Waals surface area contributed by atoms with Gasteiger partial charge >= 0.3 is 0 Å². The van der Waals surface area contributed by atoms with Crippen molar-refractivity contribution in [2.45, 2.75) is 6.92 Å². The number of thiazole rings is 1. The number of piperazine rings is 1. The van der Waals surface area contributed by atoms with Crippen LogP contribution in [0.2, 0.25) is 0 Å². The normalized spacial score (nSPS) is 13.9. The Kier molecular flexibility index (Phi) is 5.71. The number of methoxy groups -OCH3 is 1. The highest BCUT2D eigenvalue weighted by Gasteiger charge is 2.27. The Morgan fingerprint density at radius 3 is 2.53 bits per heavy atom. The average molecular weight is 426 g/mol. The molecular formula is C21H22N4O4S. The molecule has 0 bridgehead atoms. The monoisotopic (exact) mass is 426 g/mol. The van der Waals surface area contributed by atoms with Crippen LogP contribution in [0.15, 0.2) is 46.4 Å². The first-order valence-corrected chi connectivity index (χ1v) is 10.4. The molecule has 0 unspecified atom stereocenters. The molecule has 30 heavy (non-hydrogen) atoms. The van der Waals surface area contributed by atoms with Crippen LogP contribution in [0.3, 0.4) is 0 Å². The predicted octanol–water partition coefficient (Wildman–Crippen LogP) is 3.39. The van der Waals surface area contributed by atoms with Crippen molar-refractivity contribution < 1.29 is 18.7 Å². The van der Waals surface area contributed by atoms with E-state index >= 15 is 0 Å². The SMILES string of the molecule is COc1ccc(C)cc1Nc1nc(C(=O)N2CCN(C(=O)c3ccco3)CC2)cs1. The first-order valence-electron chi connectivity index (χ1n) is 9.54. The van der Waals surface area contributed by atoms with Gasteiger partial charge in [0.1, 0.15) is 11.4 Å². The molecule has 9 heteroatoms. The standard InChI is InChI=1S/C21H22N4O4S/c1-14-5-6-17(28-2)15(12-14)22-21-23-16(13-30-21)19(26)24-7-9-25(10-8-24)20(27)18-4-3-11-29-18/h3-6,11-13H,7-10H2,1-2H3,(H,22,23). The van der Waals surface area contributed by atoms with Gasteiger partial charge in [0.15, 0.2) is 10.9 Å². The lowest BCUT2D eigenvalue weighted by atomic mass is 10.2. The molecule has 0 atom stereocenters. The number of nitrogens with one attached hydrogen (secondary N) is 1. The number of carbonyl (C=O) groups is 2. The fourth-order valence-electron chi connectivity index (χ4n) is 3.29. The van der Waals surface area contributed by atoms with Gasteiger partial charge in [-0.25, -0.2) is 4.98 Å². The number of rotatable bonds is 5. The van der Waals surface area contributed by atoms with Crippen LogP contribution in [0, 0.1) is 6.92 Å². The Morgan fingerprint density at radius 2 is 1.87 bits per heavy atom. The number of hydrogen-bond donors (Lipinski definition) is 1. The summed E-state index contributed by atoms with van der Waals surface area (Å²) < 4.78 is 10.5. The molecule has 3 aromatic rings. The molecule has 0 saturated carbocycles. The van der Waals surface area contributed by atoms with Crippen molar-refractivity contribution >= 4 is 34.0 Å². The molecule has 0 aliphatic carbocycles. The number of aromatic nitrogens is 1. The summed E-state index contributed by atoms with van der Waals surface area (Å²) in [5.41, 5.74) is 2.28. The van der Waals surface area contributed by atoms with Crippen LogP contribution in [0.25, 0.3) is 0 Å². The highest BCUT2D eigenvalue weighted by Crippen LogP contribution is 2.30. The molecule has 1 aromatic carbocycles. The van der Waals surface area contributed by atoms with E-state index in [0.717, 1.165) is 11.3 Å². The molecule has 1 N–H and O–H groups in total. The zero-order valence-corrected chi connectivity index (χ0v) is 17.6. The van der Waals surface area contributed by atoms with E-state index < -0.39 is 0 Å². The Labute approximate surface area is 178 Å². The van der Waals surface area contributed by atoms with Crippen LogP contribution in [0.4, 0.5) is 10.8 Å². The van der Waals surface area contributed by atoms with Gasteiger partial charge in [0.2, 0.25) is 0 Å². The van der Waals surface area contributed by atoms with Crippen molar-refractivity contribution in [1.82, 2.24) is 14.8 Å². The van der Waals surface area contributed by atoms with Gasteiger partial charge in [-0.1, -0.05) is 6.07 Å². The van der Waals surface area contributed by atoms with Crippen LogP contribution < -0.4 is 10.1 Å². The minimum atomic E-state index is -0.153. The van der Waals surface area contributed by atoms with Crippen LogP contribution in [-0.4, -0.2) is 59.9 Å². The lowest BCUT2D eigenvalue weighted by Crippen LogP contribution is -2.50. The lowest BCUT2D eigenvalue weighted by Gasteiger charge is -2.33. The second-order valence-electron chi connectivity index (χ2n) is 6.93. The maximum atomic E-state index is 12.8. The molecule has 1 aliphatic heterocycles. The molecule has 0 spiro atoms. The van der Waals surface area contributed by atoms with Gasteiger partial charge in [0.05, 0.1) is 19.1 Å². The second kappa shape index (κ2) is 8.58. The molecule has 156 valence electrons. The topological polar surface area (TPSA) is 87.9 Å². The summed E-state index contributed by atoms with van der Waals surface area (Å²) in [7, 11) is 1.61. The summed E-state index contributed by atoms with van der Waals surface area (Å²) in [6.45, 7) is 3.83. The Morgan fingerprint density at radius 1 is 1.13 bits per heavy atom. The molecule has 8 nitrogen and oxygen atoms in total. The van der Waals surface area contributed by atoms with Crippen molar-refractivity contribution in [1.29, 1.82) is 0 Å². The lowest BCUT2D eigenvalue weighted by molar-refractivity contribution is 0.0515. The smallest absolute Gasteiger partial charge is 0.289 e. The number of ether oxygens (including phenoxy) is 1. The van der Waals surface area contributed by atoms with Crippen LogP contribution in [0.5, 0.6) is 5.75 Å². The summed E-state index contributed by atoms with van der Waals surface area (Å²) in [5, 5.41) is 5.59. The quantitative estimate of drug-likeness (QED) is 0.673. The zero-order chi connectivity index (χ0) is 21.1. The van der Waals surface area contributed by atoms with E-state index in [1.165, 1.54) is 17.6 Å². The summed E-state index contributed by atoms with van der Waals surface area (Å²) in [6.07, 6.45) is 1.48. The second-order valence-corrected chi connectivity index (χ2v) is 7.79. The first kappa shape index (κ1) is 20.0. The van der Waals surface area contributed by atoms with E-state index in [9.17, 15) is 9.59 Å². The fraction of sp³-hybridized carbons (Fsp3) is 0.286. The third-order valence-electron chi connectivity index (χ3n) is 4.91. The summed E-state index contributed by atoms with van der Waals surface area (Å²) in [5.74, 6) is 0.734. The number of benzene rings is 1. The van der Waals surface area contributed by atoms with E-state index in [2.05, 4.69) is 10.3 Å². The molecule has 2 aromatic heterocycles. The molecule has 4 rings (SSSR count). The van der Waals surface area contributed by atoms with Crippen molar-refractivity contribution in [2.75, 3.05) is 38.6 Å². The van der Waals surface area contributed by atoms with Crippen LogP contribution in [0.1, 0.15) is 26.6 Å².